The van der Waals surface area contributed by atoms with Crippen LogP contribution in [0.2, 0.25) is 0 Å². The third-order valence-corrected chi connectivity index (χ3v) is 28.7. The van der Waals surface area contributed by atoms with Crippen molar-refractivity contribution in [2.75, 3.05) is 0 Å². The van der Waals surface area contributed by atoms with Gasteiger partial charge in [-0.25, -0.2) is 0 Å². The minimum atomic E-state index is -2.53. The minimum absolute atomic E-state index is 0.115. The van der Waals surface area contributed by atoms with Gasteiger partial charge in [-0.3, -0.25) is 0 Å². The van der Waals surface area contributed by atoms with Gasteiger partial charge in [-0.1, -0.05) is 0 Å². The summed E-state index contributed by atoms with van der Waals surface area (Å²) in [6.45, 7) is 18.7. The first-order chi connectivity index (χ1) is 19.9. The molecule has 212 valence electrons. The van der Waals surface area contributed by atoms with E-state index in [1.165, 1.54) is 33.4 Å². The number of aryl methyl sites for hydroxylation is 2. The summed E-state index contributed by atoms with van der Waals surface area (Å²) in [5, 5.41) is 3.20. The Morgan fingerprint density at radius 1 is 0.643 bits per heavy atom. The zero-order valence-electron chi connectivity index (χ0n) is 26.6. The van der Waals surface area contributed by atoms with Crippen LogP contribution in [0.4, 0.5) is 0 Å². The molecule has 0 bridgehead atoms. The molecule has 6 rings (SSSR count). The van der Waals surface area contributed by atoms with Crippen LogP contribution < -0.4 is 10.4 Å². The molecule has 0 nitrogen and oxygen atoms in total. The summed E-state index contributed by atoms with van der Waals surface area (Å²) in [7, 11) is 0. The van der Waals surface area contributed by atoms with Gasteiger partial charge in [-0.05, 0) is 0 Å². The Labute approximate surface area is 261 Å². The van der Waals surface area contributed by atoms with E-state index in [1.54, 1.807) is 24.8 Å². The summed E-state index contributed by atoms with van der Waals surface area (Å²) in [6.07, 6.45) is 8.41. The van der Waals surface area contributed by atoms with Crippen LogP contribution in [0, 0.1) is 13.8 Å². The van der Waals surface area contributed by atoms with Crippen LogP contribution in [-0.4, -0.2) is 5.43 Å². The van der Waals surface area contributed by atoms with E-state index in [0.29, 0.717) is 3.63 Å². The number of rotatable bonds is 4. The van der Waals surface area contributed by atoms with Crippen molar-refractivity contribution in [2.24, 2.45) is 0 Å². The number of benzene rings is 4. The summed E-state index contributed by atoms with van der Waals surface area (Å²) in [4.78, 5) is 0. The first kappa shape index (κ1) is 29.5. The molecule has 0 fully saturated rings. The summed E-state index contributed by atoms with van der Waals surface area (Å²) in [5.74, 6) is 0. The molecule has 4 aromatic rings. The van der Waals surface area contributed by atoms with Gasteiger partial charge in [-0.2, -0.15) is 0 Å². The zero-order valence-corrected chi connectivity index (χ0v) is 30.1. The molecule has 2 aliphatic rings. The van der Waals surface area contributed by atoms with E-state index in [0.717, 1.165) is 6.42 Å². The molecule has 0 amide bonds. The van der Waals surface area contributed by atoms with Crippen LogP contribution >= 0.6 is 0 Å². The second-order valence-electron chi connectivity index (χ2n) is 14.4. The standard InChI is InChI=1S/C21H25.C14H14Si.C5H5.Zr/c1-20(2,3)16-7-9-18-14(12-16)11-15-13-17(21(4,5)6)8-10-19(15)18;1-11-5-3-7-13(9-11)15-14-8-4-6-12(2)10-14;1-2-4-5-3-1;/h7-13H,1-6H3;3-10H,1-2H3;1-3H,4H2;. The predicted octanol–water partition coefficient (Wildman–Crippen LogP) is 9.24. The van der Waals surface area contributed by atoms with E-state index in [9.17, 15) is 0 Å². The monoisotopic (exact) mass is 642 g/mol. The van der Waals surface area contributed by atoms with Crippen molar-refractivity contribution < 1.29 is 20.4 Å². The predicted molar refractivity (Wildman–Crippen MR) is 180 cm³/mol. The fourth-order valence-electron chi connectivity index (χ4n) is 6.72. The molecule has 0 radical (unpaired) electrons. The molecule has 2 aliphatic carbocycles. The Balaban J connectivity index is 1.76. The second kappa shape index (κ2) is 11.2. The van der Waals surface area contributed by atoms with Crippen molar-refractivity contribution in [3.05, 3.63) is 140 Å². The zero-order chi connectivity index (χ0) is 29.8. The van der Waals surface area contributed by atoms with Gasteiger partial charge in [0.2, 0.25) is 0 Å². The van der Waals surface area contributed by atoms with Crippen LogP contribution in [-0.2, 0) is 31.2 Å². The Kier molecular flexibility index (Phi) is 7.86. The van der Waals surface area contributed by atoms with Crippen LogP contribution in [0.3, 0.4) is 0 Å². The molecule has 2 heteroatoms. The van der Waals surface area contributed by atoms with Crippen molar-refractivity contribution in [3.8, 4) is 11.1 Å². The molecule has 0 saturated heterocycles. The third-order valence-electron chi connectivity index (χ3n) is 9.04. The van der Waals surface area contributed by atoms with Crippen molar-refractivity contribution in [1.82, 2.24) is 0 Å². The molecule has 0 unspecified atom stereocenters. The molecule has 0 aromatic heterocycles. The van der Waals surface area contributed by atoms with Crippen molar-refractivity contribution in [1.29, 1.82) is 0 Å². The maximum atomic E-state index is 2.62. The molecular weight excluding hydrogens is 600 g/mol. The average molecular weight is 644 g/mol. The molecule has 0 spiro atoms. The molecular formula is C40H44SiZr. The average Bonchev–Trinajstić information content (AvgIpc) is 3.57. The molecule has 0 atom stereocenters. The van der Waals surface area contributed by atoms with E-state index in [2.05, 4.69) is 159 Å². The maximum absolute atomic E-state index is 2.62. The number of hydrogen-bond acceptors (Lipinski definition) is 0. The van der Waals surface area contributed by atoms with Crippen molar-refractivity contribution in [3.63, 3.8) is 0 Å². The van der Waals surface area contributed by atoms with Gasteiger partial charge in [0.15, 0.2) is 0 Å². The first-order valence-electron chi connectivity index (χ1n) is 15.5. The summed E-state index contributed by atoms with van der Waals surface area (Å²) in [6, 6.07) is 34.1. The molecule has 0 saturated carbocycles. The van der Waals surface area contributed by atoms with Crippen molar-refractivity contribution >= 4 is 15.8 Å². The molecule has 4 aromatic carbocycles. The molecule has 0 aliphatic heterocycles. The Bertz CT molecular complexity index is 1670. The fourth-order valence-corrected chi connectivity index (χ4v) is 29.0. The van der Waals surface area contributed by atoms with Gasteiger partial charge in [-0.15, -0.1) is 0 Å². The first-order valence-corrected chi connectivity index (χ1v) is 23.3. The van der Waals surface area contributed by atoms with Gasteiger partial charge in [0, 0.05) is 0 Å². The van der Waals surface area contributed by atoms with Crippen LogP contribution in [0.15, 0.2) is 106 Å². The van der Waals surface area contributed by atoms with Gasteiger partial charge in [0.05, 0.1) is 0 Å². The summed E-state index contributed by atoms with van der Waals surface area (Å²) >= 11 is -2.53. The Hall–Kier alpha value is -2.54. The van der Waals surface area contributed by atoms with E-state index >= 15 is 0 Å². The Morgan fingerprint density at radius 2 is 1.14 bits per heavy atom. The van der Waals surface area contributed by atoms with E-state index in [-0.39, 0.29) is 10.8 Å². The summed E-state index contributed by atoms with van der Waals surface area (Å²) in [5.41, 5.74) is 11.0. The number of fused-ring (bicyclic) bond motifs is 3. The quantitative estimate of drug-likeness (QED) is 0.195. The van der Waals surface area contributed by atoms with E-state index in [4.69, 9.17) is 0 Å². The normalized spacial score (nSPS) is 14.5. The Morgan fingerprint density at radius 3 is 1.55 bits per heavy atom. The SMILES string of the molecule is Cc1cccc([Si](c2cccc(C)c2)=[Zr]([C]2=CC=CC2)[CH]2c3cc(C(C)(C)C)ccc3-c3ccc(C(C)(C)C)cc32)c1. The van der Waals surface area contributed by atoms with Crippen LogP contribution in [0.5, 0.6) is 0 Å². The summed E-state index contributed by atoms with van der Waals surface area (Å²) < 4.78 is 2.28. The third kappa shape index (κ3) is 5.58. The van der Waals surface area contributed by atoms with Gasteiger partial charge >= 0.3 is 263 Å². The second-order valence-corrected chi connectivity index (χ2v) is 28.2. The van der Waals surface area contributed by atoms with Crippen LogP contribution in [0.1, 0.15) is 85.0 Å². The van der Waals surface area contributed by atoms with Gasteiger partial charge in [0.1, 0.15) is 0 Å². The molecule has 0 N–H and O–H groups in total. The van der Waals surface area contributed by atoms with E-state index < -0.39 is 25.8 Å². The van der Waals surface area contributed by atoms with Gasteiger partial charge in [0.25, 0.3) is 0 Å². The molecule has 0 heterocycles. The van der Waals surface area contributed by atoms with Crippen molar-refractivity contribution in [2.45, 2.75) is 76.3 Å². The topological polar surface area (TPSA) is 0 Å². The van der Waals surface area contributed by atoms with Gasteiger partial charge < -0.3 is 0 Å². The number of hydrogen-bond donors (Lipinski definition) is 0. The fraction of sp³-hybridized carbons (Fsp3) is 0.300. The number of allylic oxidation sites excluding steroid dienone is 4. The molecule has 42 heavy (non-hydrogen) atoms. The van der Waals surface area contributed by atoms with E-state index in [1.807, 2.05) is 0 Å². The van der Waals surface area contributed by atoms with Crippen LogP contribution in [0.25, 0.3) is 11.1 Å².